The molecule has 1 aromatic heterocycles. The highest BCUT2D eigenvalue weighted by atomic mass is 16.2. The molecule has 0 spiro atoms. The van der Waals surface area contributed by atoms with Crippen molar-refractivity contribution in [3.63, 3.8) is 0 Å². The first kappa shape index (κ1) is 23.0. The normalized spacial score (nSPS) is 13.8. The number of carbonyl (C=O) groups is 3. The maximum atomic E-state index is 13.0. The summed E-state index contributed by atoms with van der Waals surface area (Å²) in [7, 11) is 0. The second-order valence-corrected chi connectivity index (χ2v) is 8.21. The summed E-state index contributed by atoms with van der Waals surface area (Å²) in [6, 6.07) is 16.0. The van der Waals surface area contributed by atoms with Crippen molar-refractivity contribution in [3.05, 3.63) is 78.9 Å². The van der Waals surface area contributed by atoms with Gasteiger partial charge in [-0.25, -0.2) is 9.78 Å². The number of likely N-dealkylation sites (tertiary alicyclic amines) is 1. The Morgan fingerprint density at radius 1 is 0.941 bits per heavy atom. The Bertz CT molecular complexity index is 1110. The molecule has 0 radical (unpaired) electrons. The van der Waals surface area contributed by atoms with Gasteiger partial charge in [0.1, 0.15) is 0 Å². The number of hydrogen-bond donors (Lipinski definition) is 3. The third-order valence-electron chi connectivity index (χ3n) is 5.70. The maximum Gasteiger partial charge on any atom is 0.319 e. The minimum atomic E-state index is -0.243. The molecule has 34 heavy (non-hydrogen) atoms. The molecule has 176 valence electrons. The number of hydrogen-bond acceptors (Lipinski definition) is 4. The van der Waals surface area contributed by atoms with Crippen LogP contribution in [0.4, 0.5) is 16.2 Å². The summed E-state index contributed by atoms with van der Waals surface area (Å²) in [5.41, 5.74) is 1.86. The Kier molecular flexibility index (Phi) is 7.54. The van der Waals surface area contributed by atoms with Crippen LogP contribution in [0.5, 0.6) is 0 Å². The van der Waals surface area contributed by atoms with E-state index in [1.165, 1.54) is 0 Å². The van der Waals surface area contributed by atoms with Crippen molar-refractivity contribution in [1.29, 1.82) is 0 Å². The number of nitrogens with zero attached hydrogens (tertiary/aromatic N) is 3. The number of rotatable bonds is 7. The van der Waals surface area contributed by atoms with Crippen LogP contribution < -0.4 is 16.0 Å². The second-order valence-electron chi connectivity index (χ2n) is 8.21. The van der Waals surface area contributed by atoms with Crippen LogP contribution >= 0.6 is 0 Å². The summed E-state index contributed by atoms with van der Waals surface area (Å²) in [5.74, 6) is -0.208. The second kappa shape index (κ2) is 11.1. The summed E-state index contributed by atoms with van der Waals surface area (Å²) in [5, 5.41) is 8.65. The van der Waals surface area contributed by atoms with Crippen LogP contribution in [0.3, 0.4) is 0 Å². The topological polar surface area (TPSA) is 108 Å². The van der Waals surface area contributed by atoms with Crippen molar-refractivity contribution in [2.45, 2.75) is 31.8 Å². The Labute approximate surface area is 198 Å². The van der Waals surface area contributed by atoms with Gasteiger partial charge in [0.25, 0.3) is 5.91 Å². The summed E-state index contributed by atoms with van der Waals surface area (Å²) < 4.78 is 1.84. The quantitative estimate of drug-likeness (QED) is 0.502. The average Bonchev–Trinajstić information content (AvgIpc) is 3.37. The molecule has 0 saturated carbocycles. The fourth-order valence-corrected chi connectivity index (χ4v) is 3.89. The first-order valence-electron chi connectivity index (χ1n) is 11.3. The molecule has 9 nitrogen and oxygen atoms in total. The largest absolute Gasteiger partial charge is 0.338 e. The van der Waals surface area contributed by atoms with Gasteiger partial charge in [0.05, 0.1) is 6.33 Å². The van der Waals surface area contributed by atoms with Crippen LogP contribution in [-0.2, 0) is 11.3 Å². The summed E-state index contributed by atoms with van der Waals surface area (Å²) in [6.07, 6.45) is 6.82. The van der Waals surface area contributed by atoms with Gasteiger partial charge in [0, 0.05) is 61.4 Å². The molecule has 3 N–H and O–H groups in total. The lowest BCUT2D eigenvalue weighted by Gasteiger charge is -2.32. The van der Waals surface area contributed by atoms with Crippen molar-refractivity contribution < 1.29 is 14.4 Å². The van der Waals surface area contributed by atoms with Crippen molar-refractivity contribution in [1.82, 2.24) is 19.8 Å². The number of anilines is 2. The molecule has 4 amide bonds. The van der Waals surface area contributed by atoms with Crippen molar-refractivity contribution >= 4 is 29.2 Å². The van der Waals surface area contributed by atoms with Gasteiger partial charge >= 0.3 is 6.03 Å². The first-order chi connectivity index (χ1) is 16.6. The van der Waals surface area contributed by atoms with Crippen LogP contribution in [0.25, 0.3) is 0 Å². The molecule has 0 atom stereocenters. The van der Waals surface area contributed by atoms with Gasteiger partial charge in [0.15, 0.2) is 0 Å². The number of aromatic nitrogens is 2. The van der Waals surface area contributed by atoms with Crippen LogP contribution in [0.1, 0.15) is 29.6 Å². The van der Waals surface area contributed by atoms with Gasteiger partial charge in [-0.15, -0.1) is 0 Å². The number of benzene rings is 2. The molecular formula is C25H28N6O3. The lowest BCUT2D eigenvalue weighted by Crippen LogP contribution is -2.47. The van der Waals surface area contributed by atoms with Crippen LogP contribution in [0.2, 0.25) is 0 Å². The first-order valence-corrected chi connectivity index (χ1v) is 11.3. The Hall–Kier alpha value is -4.14. The highest BCUT2D eigenvalue weighted by Crippen LogP contribution is 2.17. The number of amides is 4. The summed E-state index contributed by atoms with van der Waals surface area (Å²) >= 11 is 0. The van der Waals surface area contributed by atoms with Gasteiger partial charge < -0.3 is 25.4 Å². The van der Waals surface area contributed by atoms with E-state index in [2.05, 4.69) is 20.9 Å². The van der Waals surface area contributed by atoms with Crippen molar-refractivity contribution in [2.24, 2.45) is 0 Å². The molecule has 0 aliphatic carbocycles. The molecule has 3 aromatic rings. The molecule has 0 bridgehead atoms. The predicted molar refractivity (Wildman–Crippen MR) is 129 cm³/mol. The van der Waals surface area contributed by atoms with Crippen LogP contribution in [-0.4, -0.2) is 51.4 Å². The van der Waals surface area contributed by atoms with E-state index in [1.54, 1.807) is 47.9 Å². The molecule has 1 saturated heterocycles. The molecular weight excluding hydrogens is 432 g/mol. The third kappa shape index (κ3) is 6.44. The Morgan fingerprint density at radius 3 is 2.44 bits per heavy atom. The van der Waals surface area contributed by atoms with E-state index in [-0.39, 0.29) is 23.9 Å². The molecule has 1 fully saturated rings. The number of carbonyl (C=O) groups excluding carboxylic acids is 3. The number of piperidine rings is 1. The molecule has 9 heteroatoms. The fourth-order valence-electron chi connectivity index (χ4n) is 3.89. The highest BCUT2D eigenvalue weighted by Gasteiger charge is 2.25. The number of para-hydroxylation sites is 1. The zero-order chi connectivity index (χ0) is 23.8. The van der Waals surface area contributed by atoms with E-state index in [9.17, 15) is 14.4 Å². The number of imidazole rings is 1. The molecule has 2 aromatic carbocycles. The van der Waals surface area contributed by atoms with Crippen molar-refractivity contribution in [3.8, 4) is 0 Å². The zero-order valence-electron chi connectivity index (χ0n) is 18.8. The van der Waals surface area contributed by atoms with Crippen molar-refractivity contribution in [2.75, 3.05) is 23.7 Å². The van der Waals surface area contributed by atoms with E-state index in [0.29, 0.717) is 50.1 Å². The monoisotopic (exact) mass is 460 g/mol. The molecule has 2 heterocycles. The minimum Gasteiger partial charge on any atom is -0.338 e. The van der Waals surface area contributed by atoms with E-state index < -0.39 is 0 Å². The fraction of sp³-hybridized carbons (Fsp3) is 0.280. The van der Waals surface area contributed by atoms with Gasteiger partial charge in [-0.1, -0.05) is 24.3 Å². The number of nitrogens with one attached hydrogen (secondary N) is 3. The van der Waals surface area contributed by atoms with Gasteiger partial charge in [-0.05, 0) is 43.2 Å². The van der Waals surface area contributed by atoms with E-state index in [0.717, 1.165) is 5.69 Å². The van der Waals surface area contributed by atoms with Gasteiger partial charge in [0.2, 0.25) is 5.91 Å². The number of urea groups is 1. The van der Waals surface area contributed by atoms with E-state index >= 15 is 0 Å². The minimum absolute atomic E-state index is 0.00822. The summed E-state index contributed by atoms with van der Waals surface area (Å²) in [4.78, 5) is 43.2. The van der Waals surface area contributed by atoms with E-state index in [1.807, 2.05) is 34.9 Å². The smallest absolute Gasteiger partial charge is 0.319 e. The lowest BCUT2D eigenvalue weighted by atomic mass is 10.0. The molecule has 1 aliphatic rings. The SMILES string of the molecule is O=C(CCn1ccnc1)Nc1cccc(C(=O)N2CCC(NC(=O)Nc3ccccc3)CC2)c1. The van der Waals surface area contributed by atoms with Crippen LogP contribution in [0.15, 0.2) is 73.3 Å². The standard InChI is InChI=1S/C25H28N6O3/c32-23(11-13-30-16-12-26-18-30)27-22-8-4-5-19(17-22)24(33)31-14-9-21(10-15-31)29-25(34)28-20-6-2-1-3-7-20/h1-8,12,16-18,21H,9-11,13-15H2,(H,27,32)(H2,28,29,34). The average molecular weight is 461 g/mol. The molecule has 4 rings (SSSR count). The van der Waals surface area contributed by atoms with Gasteiger partial charge in [-0.2, -0.15) is 0 Å². The maximum absolute atomic E-state index is 13.0. The third-order valence-corrected chi connectivity index (χ3v) is 5.70. The van der Waals surface area contributed by atoms with E-state index in [4.69, 9.17) is 0 Å². The Balaban J connectivity index is 1.24. The van der Waals surface area contributed by atoms with Gasteiger partial charge in [-0.3, -0.25) is 9.59 Å². The molecule has 1 aliphatic heterocycles. The molecule has 0 unspecified atom stereocenters. The number of aryl methyl sites for hydroxylation is 1. The Morgan fingerprint density at radius 2 is 1.71 bits per heavy atom. The highest BCUT2D eigenvalue weighted by molar-refractivity contribution is 5.97. The summed E-state index contributed by atoms with van der Waals surface area (Å²) in [6.45, 7) is 1.64. The predicted octanol–water partition coefficient (Wildman–Crippen LogP) is 3.34. The zero-order valence-corrected chi connectivity index (χ0v) is 18.8. The lowest BCUT2D eigenvalue weighted by molar-refractivity contribution is -0.116. The van der Waals surface area contributed by atoms with Crippen LogP contribution in [0, 0.1) is 0 Å².